The minimum atomic E-state index is -0.531. The molecule has 0 radical (unpaired) electrons. The first kappa shape index (κ1) is 44.7. The smallest absolute Gasteiger partial charge is 0.1000 e. The molecule has 0 saturated carbocycles. The van der Waals surface area contributed by atoms with Crippen LogP contribution in [0.15, 0.2) is 265 Å². The molecule has 2 aliphatic heterocycles. The summed E-state index contributed by atoms with van der Waals surface area (Å²) in [4.78, 5) is 7.58. The summed E-state index contributed by atoms with van der Waals surface area (Å²) in [5.41, 5.74) is 19.8. The average Bonchev–Trinajstić information content (AvgIpc) is 4.50. The highest BCUT2D eigenvalue weighted by Crippen LogP contribution is 2.60. The van der Waals surface area contributed by atoms with Gasteiger partial charge in [-0.1, -0.05) is 170 Å². The van der Waals surface area contributed by atoms with Crippen molar-refractivity contribution in [3.8, 4) is 44.5 Å². The summed E-state index contributed by atoms with van der Waals surface area (Å²) in [6.45, 7) is 2.47. The molecule has 4 bridgehead atoms. The van der Waals surface area contributed by atoms with E-state index in [9.17, 15) is 0 Å². The molecule has 1 aliphatic carbocycles. The molecular weight excluding hydrogens is 979 g/mol. The Morgan fingerprint density at radius 2 is 0.855 bits per heavy atom. The Bertz CT molecular complexity index is 4300. The first-order chi connectivity index (χ1) is 37.6. The third-order valence-electron chi connectivity index (χ3n) is 15.7. The molecule has 3 aliphatic rings. The summed E-state index contributed by atoms with van der Waals surface area (Å²) in [5.74, 6) is 0. The summed E-state index contributed by atoms with van der Waals surface area (Å²) in [5, 5.41) is 14.8. The quantitative estimate of drug-likeness (QED) is 0.105. The van der Waals surface area contributed by atoms with Crippen LogP contribution in [0.3, 0.4) is 0 Å². The number of rotatable bonds is 9. The van der Waals surface area contributed by atoms with Crippen LogP contribution >= 0.6 is 34.0 Å². The van der Waals surface area contributed by atoms with Crippen molar-refractivity contribution in [2.45, 2.75) is 12.3 Å². The van der Waals surface area contributed by atoms with E-state index in [-0.39, 0.29) is 0 Å². The summed E-state index contributed by atoms with van der Waals surface area (Å²) in [6.07, 6.45) is 0. The van der Waals surface area contributed by atoms with Gasteiger partial charge in [0.15, 0.2) is 0 Å². The van der Waals surface area contributed by atoms with Gasteiger partial charge in [-0.2, -0.15) is 0 Å². The van der Waals surface area contributed by atoms with Gasteiger partial charge >= 0.3 is 0 Å². The van der Waals surface area contributed by atoms with E-state index in [1.54, 1.807) is 34.0 Å². The minimum Gasteiger partial charge on any atom is -0.301 e. The van der Waals surface area contributed by atoms with E-state index >= 15 is 0 Å². The molecular formula is C70H47N3S3. The van der Waals surface area contributed by atoms with Crippen LogP contribution in [0.5, 0.6) is 0 Å². The Kier molecular flexibility index (Phi) is 10.6. The standard InChI is InChI=1S/C70H47N3S3/c1-70-49-36-34-48(35-37-49)53-25-10-13-28-62(53)71(65-31-16-40-74-65)50-38-39-54(60(70)43-50)57-44-58-59(45-61(57)70)69(73(67-33-18-42-76-67)64-30-15-12-24-52(64)47-21-6-3-7-22-47)56-27-9-8-26-55(56)68(58)72(66-32-17-41-75-66)63-29-14-11-23-51(63)46-19-4-2-5-20-46/h2-45H,1H3. The number of benzene rings is 10. The van der Waals surface area contributed by atoms with Gasteiger partial charge in [0.25, 0.3) is 0 Å². The predicted octanol–water partition coefficient (Wildman–Crippen LogP) is 21.2. The van der Waals surface area contributed by atoms with Gasteiger partial charge in [-0.05, 0) is 146 Å². The minimum absolute atomic E-state index is 0.531. The first-order valence-corrected chi connectivity index (χ1v) is 28.4. The van der Waals surface area contributed by atoms with Crippen molar-refractivity contribution in [3.63, 3.8) is 0 Å². The normalized spacial score (nSPS) is 14.1. The molecule has 10 aromatic carbocycles. The van der Waals surface area contributed by atoms with Crippen LogP contribution in [-0.4, -0.2) is 0 Å². The number of hydrogen-bond donors (Lipinski definition) is 0. The number of hydrogen-bond acceptors (Lipinski definition) is 6. The molecule has 360 valence electrons. The fraction of sp³-hybridized carbons (Fsp3) is 0.0286. The highest BCUT2D eigenvalue weighted by atomic mass is 32.1. The lowest BCUT2D eigenvalue weighted by atomic mass is 9.73. The fourth-order valence-corrected chi connectivity index (χ4v) is 14.6. The molecule has 13 aromatic rings. The van der Waals surface area contributed by atoms with Gasteiger partial charge in [0, 0.05) is 49.3 Å². The molecule has 0 N–H and O–H groups in total. The lowest BCUT2D eigenvalue weighted by Gasteiger charge is -2.34. The lowest BCUT2D eigenvalue weighted by Crippen LogP contribution is -2.23. The third kappa shape index (κ3) is 6.92. The fourth-order valence-electron chi connectivity index (χ4n) is 12.3. The van der Waals surface area contributed by atoms with Gasteiger partial charge in [-0.3, -0.25) is 0 Å². The van der Waals surface area contributed by atoms with Crippen molar-refractivity contribution >= 4 is 105 Å². The van der Waals surface area contributed by atoms with Crippen molar-refractivity contribution in [2.75, 3.05) is 14.7 Å². The van der Waals surface area contributed by atoms with E-state index in [4.69, 9.17) is 0 Å². The van der Waals surface area contributed by atoms with E-state index in [2.05, 4.69) is 286 Å². The summed E-state index contributed by atoms with van der Waals surface area (Å²) in [6, 6.07) is 92.8. The zero-order valence-electron chi connectivity index (χ0n) is 41.5. The Labute approximate surface area is 454 Å². The number of thiophene rings is 3. The van der Waals surface area contributed by atoms with Crippen molar-refractivity contribution in [2.24, 2.45) is 0 Å². The number of para-hydroxylation sites is 3. The maximum Gasteiger partial charge on any atom is 0.1000 e. The Hall–Kier alpha value is -8.78. The van der Waals surface area contributed by atoms with Crippen molar-refractivity contribution in [1.82, 2.24) is 0 Å². The highest BCUT2D eigenvalue weighted by molar-refractivity contribution is 7.15. The molecule has 76 heavy (non-hydrogen) atoms. The molecule has 0 amide bonds. The third-order valence-corrected chi connectivity index (χ3v) is 18.3. The molecule has 1 atom stereocenters. The zero-order valence-corrected chi connectivity index (χ0v) is 43.9. The lowest BCUT2D eigenvalue weighted by molar-refractivity contribution is 0.715. The monoisotopic (exact) mass is 1030 g/mol. The molecule has 0 spiro atoms. The first-order valence-electron chi connectivity index (χ1n) is 25.8. The number of anilines is 9. The second-order valence-electron chi connectivity index (χ2n) is 19.8. The van der Waals surface area contributed by atoms with Crippen molar-refractivity contribution in [1.29, 1.82) is 0 Å². The Morgan fingerprint density at radius 1 is 0.355 bits per heavy atom. The second-order valence-corrected chi connectivity index (χ2v) is 22.5. The maximum absolute atomic E-state index is 2.59. The van der Waals surface area contributed by atoms with Crippen LogP contribution in [0.1, 0.15) is 23.6 Å². The molecule has 0 saturated heterocycles. The molecule has 0 fully saturated rings. The van der Waals surface area contributed by atoms with Gasteiger partial charge in [-0.15, -0.1) is 34.0 Å². The molecule has 3 aromatic heterocycles. The summed E-state index contributed by atoms with van der Waals surface area (Å²) in [7, 11) is 0. The Balaban J connectivity index is 1.10. The average molecular weight is 1030 g/mol. The van der Waals surface area contributed by atoms with Crippen LogP contribution in [0, 0.1) is 0 Å². The number of nitrogens with zero attached hydrogens (tertiary/aromatic N) is 3. The van der Waals surface area contributed by atoms with E-state index in [0.29, 0.717) is 0 Å². The molecule has 6 heteroatoms. The molecule has 16 rings (SSSR count). The number of fused-ring (bicyclic) bond motifs is 6. The van der Waals surface area contributed by atoms with E-state index in [1.807, 2.05) is 0 Å². The summed E-state index contributed by atoms with van der Waals surface area (Å²) < 4.78 is 0. The van der Waals surface area contributed by atoms with Crippen LogP contribution < -0.4 is 14.7 Å². The molecule has 1 unspecified atom stereocenters. The van der Waals surface area contributed by atoms with Gasteiger partial charge in [0.1, 0.15) is 0 Å². The second kappa shape index (κ2) is 18.0. The summed E-state index contributed by atoms with van der Waals surface area (Å²) >= 11 is 5.33. The van der Waals surface area contributed by atoms with Crippen LogP contribution in [0.25, 0.3) is 66.1 Å². The van der Waals surface area contributed by atoms with Gasteiger partial charge in [0.05, 0.1) is 43.4 Å². The molecule has 5 heterocycles. The van der Waals surface area contributed by atoms with Crippen molar-refractivity contribution < 1.29 is 0 Å². The van der Waals surface area contributed by atoms with Crippen LogP contribution in [-0.2, 0) is 5.41 Å². The largest absolute Gasteiger partial charge is 0.301 e. The predicted molar refractivity (Wildman–Crippen MR) is 326 cm³/mol. The zero-order chi connectivity index (χ0) is 50.3. The van der Waals surface area contributed by atoms with Crippen LogP contribution in [0.2, 0.25) is 0 Å². The highest BCUT2D eigenvalue weighted by Gasteiger charge is 2.43. The van der Waals surface area contributed by atoms with Crippen molar-refractivity contribution in [3.05, 3.63) is 282 Å². The Morgan fingerprint density at radius 3 is 1.43 bits per heavy atom. The van der Waals surface area contributed by atoms with E-state index in [1.165, 1.54) is 87.7 Å². The van der Waals surface area contributed by atoms with E-state index in [0.717, 1.165) is 44.1 Å². The topological polar surface area (TPSA) is 9.72 Å². The SMILES string of the molecule is CC12c3ccc(cc3)-c3ccccc3N(c3cccs3)c3ccc(c1c3)-c1cc3c(N(c4cccs4)c4ccccc4-c4ccccc4)c4ccccc4c(N(c4cccs4)c4ccccc4-c4ccccc4)c3cc12. The molecule has 3 nitrogen and oxygen atoms in total. The van der Waals surface area contributed by atoms with Crippen LogP contribution in [0.4, 0.5) is 49.1 Å². The van der Waals surface area contributed by atoms with Gasteiger partial charge in [-0.25, -0.2) is 0 Å². The maximum atomic E-state index is 2.59. The van der Waals surface area contributed by atoms with Gasteiger partial charge < -0.3 is 14.7 Å². The van der Waals surface area contributed by atoms with Gasteiger partial charge in [0.2, 0.25) is 0 Å². The van der Waals surface area contributed by atoms with E-state index < -0.39 is 5.41 Å².